The molecule has 3 heteroatoms. The molecule has 27 heavy (non-hydrogen) atoms. The highest BCUT2D eigenvalue weighted by Gasteiger charge is 2.24. The van der Waals surface area contributed by atoms with Crippen LogP contribution in [0.5, 0.6) is 0 Å². The van der Waals surface area contributed by atoms with Gasteiger partial charge in [0.2, 0.25) is 0 Å². The number of nitrogens with zero attached hydrogens (tertiary/aromatic N) is 1. The number of hydrogen-bond acceptors (Lipinski definition) is 3. The molecule has 1 aliphatic heterocycles. The average molecular weight is 366 g/mol. The zero-order valence-electron chi connectivity index (χ0n) is 16.2. The van der Waals surface area contributed by atoms with Crippen LogP contribution in [0.15, 0.2) is 60.7 Å². The summed E-state index contributed by atoms with van der Waals surface area (Å²) < 4.78 is 5.74. The highest BCUT2D eigenvalue weighted by atomic mass is 16.5. The number of rotatable bonds is 6. The van der Waals surface area contributed by atoms with Crippen LogP contribution in [0.1, 0.15) is 55.6 Å². The molecule has 1 aliphatic rings. The fourth-order valence-corrected chi connectivity index (χ4v) is 3.83. The number of esters is 1. The summed E-state index contributed by atoms with van der Waals surface area (Å²) in [4.78, 5) is 15.4. The van der Waals surface area contributed by atoms with Gasteiger partial charge in [0.1, 0.15) is 12.5 Å². The van der Waals surface area contributed by atoms with Gasteiger partial charge in [-0.3, -0.25) is 9.69 Å². The van der Waals surface area contributed by atoms with E-state index in [1.54, 1.807) is 0 Å². The monoisotopic (exact) mass is 365 g/mol. The predicted molar refractivity (Wildman–Crippen MR) is 110 cm³/mol. The standard InChI is InChI=1S/C24H31NO2/c26-24(27-20-19-25-17-11-3-1-2-4-12-18-25)23(21-13-7-5-8-14-21)22-15-9-6-10-16-22/h5-10,13-16,23H,1-4,11-12,17-20H2. The third kappa shape index (κ3) is 6.21. The Bertz CT molecular complexity index is 622. The van der Waals surface area contributed by atoms with Crippen molar-refractivity contribution in [1.82, 2.24) is 4.90 Å². The van der Waals surface area contributed by atoms with Crippen LogP contribution < -0.4 is 0 Å². The Hall–Kier alpha value is -2.13. The first-order valence-corrected chi connectivity index (χ1v) is 10.3. The Morgan fingerprint density at radius 3 is 1.78 bits per heavy atom. The van der Waals surface area contributed by atoms with E-state index in [0.717, 1.165) is 30.8 Å². The molecule has 1 saturated heterocycles. The third-order valence-corrected chi connectivity index (χ3v) is 5.35. The predicted octanol–water partition coefficient (Wildman–Crippen LogP) is 5.02. The normalized spacial score (nSPS) is 16.3. The highest BCUT2D eigenvalue weighted by Crippen LogP contribution is 2.26. The van der Waals surface area contributed by atoms with E-state index in [1.165, 1.54) is 38.5 Å². The van der Waals surface area contributed by atoms with Gasteiger partial charge in [-0.25, -0.2) is 0 Å². The lowest BCUT2D eigenvalue weighted by molar-refractivity contribution is -0.144. The molecule has 0 amide bonds. The van der Waals surface area contributed by atoms with Crippen molar-refractivity contribution in [3.05, 3.63) is 71.8 Å². The third-order valence-electron chi connectivity index (χ3n) is 5.35. The first-order valence-electron chi connectivity index (χ1n) is 10.3. The van der Waals surface area contributed by atoms with Crippen molar-refractivity contribution >= 4 is 5.97 Å². The number of benzene rings is 2. The topological polar surface area (TPSA) is 29.5 Å². The number of carbonyl (C=O) groups excluding carboxylic acids is 1. The summed E-state index contributed by atoms with van der Waals surface area (Å²) in [6.07, 6.45) is 7.87. The molecule has 3 rings (SSSR count). The van der Waals surface area contributed by atoms with Crippen LogP contribution in [0.2, 0.25) is 0 Å². The van der Waals surface area contributed by atoms with Gasteiger partial charge in [0.15, 0.2) is 0 Å². The molecule has 0 atom stereocenters. The quantitative estimate of drug-likeness (QED) is 0.673. The molecule has 1 heterocycles. The van der Waals surface area contributed by atoms with Crippen molar-refractivity contribution in [3.63, 3.8) is 0 Å². The lowest BCUT2D eigenvalue weighted by atomic mass is 9.91. The summed E-state index contributed by atoms with van der Waals surface area (Å²) in [5, 5.41) is 0. The van der Waals surface area contributed by atoms with Crippen LogP contribution >= 0.6 is 0 Å². The van der Waals surface area contributed by atoms with E-state index >= 15 is 0 Å². The van der Waals surface area contributed by atoms with Crippen molar-refractivity contribution in [2.45, 2.75) is 44.4 Å². The lowest BCUT2D eigenvalue weighted by Gasteiger charge is -2.22. The second-order valence-electron chi connectivity index (χ2n) is 7.38. The Morgan fingerprint density at radius 2 is 1.26 bits per heavy atom. The van der Waals surface area contributed by atoms with E-state index in [1.807, 2.05) is 60.7 Å². The molecule has 144 valence electrons. The van der Waals surface area contributed by atoms with Gasteiger partial charge < -0.3 is 4.74 Å². The molecule has 2 aromatic rings. The minimum absolute atomic E-state index is 0.156. The number of ether oxygens (including phenoxy) is 1. The van der Waals surface area contributed by atoms with Gasteiger partial charge in [-0.1, -0.05) is 86.3 Å². The van der Waals surface area contributed by atoms with Crippen LogP contribution in [0, 0.1) is 0 Å². The van der Waals surface area contributed by atoms with E-state index in [4.69, 9.17) is 4.74 Å². The molecule has 0 aromatic heterocycles. The highest BCUT2D eigenvalue weighted by molar-refractivity contribution is 5.82. The zero-order valence-corrected chi connectivity index (χ0v) is 16.2. The fraction of sp³-hybridized carbons (Fsp3) is 0.458. The molecule has 0 aliphatic carbocycles. The van der Waals surface area contributed by atoms with Crippen LogP contribution in [0.4, 0.5) is 0 Å². The summed E-state index contributed by atoms with van der Waals surface area (Å²) in [7, 11) is 0. The summed E-state index contributed by atoms with van der Waals surface area (Å²) in [5.74, 6) is -0.514. The lowest BCUT2D eigenvalue weighted by Crippen LogP contribution is -2.31. The first kappa shape index (κ1) is 19.6. The average Bonchev–Trinajstić information content (AvgIpc) is 2.84. The summed E-state index contributed by atoms with van der Waals surface area (Å²) >= 11 is 0. The Morgan fingerprint density at radius 1 is 0.778 bits per heavy atom. The van der Waals surface area contributed by atoms with Gasteiger partial charge in [-0.15, -0.1) is 0 Å². The Kier molecular flexibility index (Phi) is 7.91. The maximum absolute atomic E-state index is 12.9. The summed E-state index contributed by atoms with van der Waals surface area (Å²) in [5.41, 5.74) is 1.97. The maximum Gasteiger partial charge on any atom is 0.317 e. The van der Waals surface area contributed by atoms with Gasteiger partial charge in [-0.05, 0) is 37.1 Å². The van der Waals surface area contributed by atoms with Crippen molar-refractivity contribution in [3.8, 4) is 0 Å². The summed E-state index contributed by atoms with van der Waals surface area (Å²) in [6, 6.07) is 19.8. The second-order valence-corrected chi connectivity index (χ2v) is 7.38. The molecule has 2 aromatic carbocycles. The number of carbonyl (C=O) groups is 1. The van der Waals surface area contributed by atoms with Crippen molar-refractivity contribution < 1.29 is 9.53 Å². The van der Waals surface area contributed by atoms with Gasteiger partial charge >= 0.3 is 5.97 Å². The van der Waals surface area contributed by atoms with E-state index in [-0.39, 0.29) is 11.9 Å². The molecule has 0 unspecified atom stereocenters. The molecular formula is C24H31NO2. The molecule has 0 bridgehead atoms. The number of hydrogen-bond donors (Lipinski definition) is 0. The van der Waals surface area contributed by atoms with Gasteiger partial charge in [0, 0.05) is 6.54 Å². The van der Waals surface area contributed by atoms with Crippen LogP contribution in [-0.2, 0) is 9.53 Å². The van der Waals surface area contributed by atoms with E-state index in [0.29, 0.717) is 6.61 Å². The molecule has 0 N–H and O–H groups in total. The molecule has 0 radical (unpaired) electrons. The van der Waals surface area contributed by atoms with E-state index in [9.17, 15) is 4.79 Å². The first-order chi connectivity index (χ1) is 13.3. The summed E-state index contributed by atoms with van der Waals surface area (Å²) in [6.45, 7) is 3.55. The van der Waals surface area contributed by atoms with Crippen molar-refractivity contribution in [1.29, 1.82) is 0 Å². The molecule has 0 saturated carbocycles. The van der Waals surface area contributed by atoms with Crippen LogP contribution in [0.3, 0.4) is 0 Å². The smallest absolute Gasteiger partial charge is 0.317 e. The second kappa shape index (κ2) is 10.9. The minimum Gasteiger partial charge on any atom is -0.464 e. The van der Waals surface area contributed by atoms with Gasteiger partial charge in [0.25, 0.3) is 0 Å². The van der Waals surface area contributed by atoms with E-state index in [2.05, 4.69) is 4.90 Å². The molecule has 0 spiro atoms. The van der Waals surface area contributed by atoms with Gasteiger partial charge in [0.05, 0.1) is 0 Å². The SMILES string of the molecule is O=C(OCCN1CCCCCCCC1)C(c1ccccc1)c1ccccc1. The van der Waals surface area contributed by atoms with Crippen LogP contribution in [0.25, 0.3) is 0 Å². The van der Waals surface area contributed by atoms with Gasteiger partial charge in [-0.2, -0.15) is 0 Å². The molecule has 1 fully saturated rings. The van der Waals surface area contributed by atoms with Crippen molar-refractivity contribution in [2.75, 3.05) is 26.2 Å². The van der Waals surface area contributed by atoms with Crippen molar-refractivity contribution in [2.24, 2.45) is 0 Å². The van der Waals surface area contributed by atoms with Crippen LogP contribution in [-0.4, -0.2) is 37.1 Å². The fourth-order valence-electron chi connectivity index (χ4n) is 3.83. The Labute approximate surface area is 163 Å². The molecule has 3 nitrogen and oxygen atoms in total. The largest absolute Gasteiger partial charge is 0.464 e. The maximum atomic E-state index is 12.9. The Balaban J connectivity index is 1.59. The minimum atomic E-state index is -0.358. The van der Waals surface area contributed by atoms with E-state index < -0.39 is 0 Å². The molecular weight excluding hydrogens is 334 g/mol. The zero-order chi connectivity index (χ0) is 18.7.